The number of aryl methyl sites for hydroxylation is 1. The maximum absolute atomic E-state index is 11.6. The van der Waals surface area contributed by atoms with E-state index in [1.54, 1.807) is 25.9 Å². The molecule has 0 unspecified atom stereocenters. The van der Waals surface area contributed by atoms with Gasteiger partial charge in [0, 0.05) is 0 Å². The number of likely N-dealkylation sites (N-methyl/N-ethyl adjacent to an activating group) is 1. The second-order valence-electron chi connectivity index (χ2n) is 3.82. The molecule has 0 fully saturated rings. The van der Waals surface area contributed by atoms with Gasteiger partial charge in [-0.25, -0.2) is 0 Å². The van der Waals surface area contributed by atoms with Crippen molar-refractivity contribution in [3.05, 3.63) is 23.3 Å². The predicted octanol–water partition coefficient (Wildman–Crippen LogP) is 1.15. The highest BCUT2D eigenvalue weighted by Gasteiger charge is 2.14. The summed E-state index contributed by atoms with van der Waals surface area (Å²) in [7, 11) is 3.53. The van der Waals surface area contributed by atoms with E-state index in [2.05, 4.69) is 0 Å². The third-order valence-electron chi connectivity index (χ3n) is 2.07. The van der Waals surface area contributed by atoms with E-state index < -0.39 is 0 Å². The lowest BCUT2D eigenvalue weighted by atomic mass is 10.1. The first-order chi connectivity index (χ1) is 6.91. The molecule has 15 heavy (non-hydrogen) atoms. The van der Waals surface area contributed by atoms with Crippen molar-refractivity contribution >= 4 is 5.78 Å². The lowest BCUT2D eigenvalue weighted by Gasteiger charge is -2.10. The SMILES string of the molecule is Cc1cc(O)c(C(=O)CN(C)C)cc1O. The number of hydrogen-bond donors (Lipinski definition) is 2. The van der Waals surface area contributed by atoms with Gasteiger partial charge in [0.15, 0.2) is 5.78 Å². The first kappa shape index (κ1) is 11.5. The molecule has 1 aromatic rings. The van der Waals surface area contributed by atoms with E-state index in [-0.39, 0.29) is 29.4 Å². The number of phenols is 2. The van der Waals surface area contributed by atoms with Crippen LogP contribution in [0.5, 0.6) is 11.5 Å². The van der Waals surface area contributed by atoms with Crippen molar-refractivity contribution in [2.24, 2.45) is 0 Å². The van der Waals surface area contributed by atoms with Crippen LogP contribution in [0.15, 0.2) is 12.1 Å². The molecule has 4 nitrogen and oxygen atoms in total. The molecule has 0 aliphatic carbocycles. The Kier molecular flexibility index (Phi) is 3.31. The molecule has 0 amide bonds. The molecule has 0 spiro atoms. The zero-order valence-electron chi connectivity index (χ0n) is 9.11. The Morgan fingerprint density at radius 2 is 1.87 bits per heavy atom. The van der Waals surface area contributed by atoms with Crippen LogP contribution in [-0.2, 0) is 0 Å². The summed E-state index contributed by atoms with van der Waals surface area (Å²) in [4.78, 5) is 13.3. The smallest absolute Gasteiger partial charge is 0.180 e. The maximum atomic E-state index is 11.6. The summed E-state index contributed by atoms with van der Waals surface area (Å²) in [6.07, 6.45) is 0. The number of aromatic hydroxyl groups is 2. The van der Waals surface area contributed by atoms with Crippen LogP contribution >= 0.6 is 0 Å². The van der Waals surface area contributed by atoms with Crippen LogP contribution in [0, 0.1) is 6.92 Å². The van der Waals surface area contributed by atoms with Crippen LogP contribution in [0.25, 0.3) is 0 Å². The monoisotopic (exact) mass is 209 g/mol. The van der Waals surface area contributed by atoms with Crippen molar-refractivity contribution in [1.29, 1.82) is 0 Å². The lowest BCUT2D eigenvalue weighted by Crippen LogP contribution is -2.21. The normalized spacial score (nSPS) is 10.7. The Morgan fingerprint density at radius 3 is 2.40 bits per heavy atom. The third-order valence-corrected chi connectivity index (χ3v) is 2.07. The second-order valence-corrected chi connectivity index (χ2v) is 3.82. The van der Waals surface area contributed by atoms with Gasteiger partial charge in [-0.2, -0.15) is 0 Å². The Morgan fingerprint density at radius 1 is 1.27 bits per heavy atom. The van der Waals surface area contributed by atoms with Crippen molar-refractivity contribution in [3.8, 4) is 11.5 Å². The minimum absolute atomic E-state index is 0.0231. The number of carbonyl (C=O) groups is 1. The number of benzene rings is 1. The summed E-state index contributed by atoms with van der Waals surface area (Å²) in [5, 5.41) is 19.0. The van der Waals surface area contributed by atoms with Gasteiger partial charge in [-0.3, -0.25) is 4.79 Å². The summed E-state index contributed by atoms with van der Waals surface area (Å²) in [5.74, 6) is -0.278. The van der Waals surface area contributed by atoms with Crippen molar-refractivity contribution in [3.63, 3.8) is 0 Å². The van der Waals surface area contributed by atoms with Crippen molar-refractivity contribution in [2.75, 3.05) is 20.6 Å². The zero-order valence-corrected chi connectivity index (χ0v) is 9.11. The van der Waals surface area contributed by atoms with Gasteiger partial charge >= 0.3 is 0 Å². The summed E-state index contributed by atoms with van der Waals surface area (Å²) in [6.45, 7) is 1.87. The van der Waals surface area contributed by atoms with Crippen LogP contribution in [-0.4, -0.2) is 41.5 Å². The van der Waals surface area contributed by atoms with Gasteiger partial charge in [-0.05, 0) is 38.7 Å². The number of rotatable bonds is 3. The minimum Gasteiger partial charge on any atom is -0.508 e. The molecule has 0 saturated carbocycles. The number of nitrogens with zero attached hydrogens (tertiary/aromatic N) is 1. The molecule has 0 bridgehead atoms. The van der Waals surface area contributed by atoms with Gasteiger partial charge in [0.05, 0.1) is 12.1 Å². The number of carbonyl (C=O) groups excluding carboxylic acids is 1. The molecule has 0 radical (unpaired) electrons. The summed E-state index contributed by atoms with van der Waals surface area (Å²) >= 11 is 0. The zero-order chi connectivity index (χ0) is 11.6. The number of phenolic OH excluding ortho intramolecular Hbond substituents is 2. The average Bonchev–Trinajstić information content (AvgIpc) is 2.09. The highest BCUT2D eigenvalue weighted by molar-refractivity contribution is 6.00. The quantitative estimate of drug-likeness (QED) is 0.579. The Bertz CT molecular complexity index is 386. The Hall–Kier alpha value is -1.55. The molecule has 0 aliphatic rings. The van der Waals surface area contributed by atoms with Gasteiger partial charge < -0.3 is 15.1 Å². The van der Waals surface area contributed by atoms with Crippen LogP contribution < -0.4 is 0 Å². The Labute approximate surface area is 88.8 Å². The fourth-order valence-electron chi connectivity index (χ4n) is 1.28. The first-order valence-corrected chi connectivity index (χ1v) is 4.62. The van der Waals surface area contributed by atoms with Crippen LogP contribution in [0.2, 0.25) is 0 Å². The van der Waals surface area contributed by atoms with Gasteiger partial charge in [-0.1, -0.05) is 0 Å². The molecule has 0 atom stereocenters. The standard InChI is InChI=1S/C11H15NO3/c1-7-4-10(14)8(5-9(7)13)11(15)6-12(2)3/h4-5,13-14H,6H2,1-3H3. The van der Waals surface area contributed by atoms with E-state index in [1.165, 1.54) is 12.1 Å². The van der Waals surface area contributed by atoms with E-state index in [9.17, 15) is 15.0 Å². The molecular weight excluding hydrogens is 194 g/mol. The molecule has 1 rings (SSSR count). The second kappa shape index (κ2) is 4.31. The predicted molar refractivity (Wildman–Crippen MR) is 57.4 cm³/mol. The van der Waals surface area contributed by atoms with Crippen molar-refractivity contribution < 1.29 is 15.0 Å². The molecular formula is C11H15NO3. The van der Waals surface area contributed by atoms with E-state index in [0.717, 1.165) is 0 Å². The molecule has 2 N–H and O–H groups in total. The highest BCUT2D eigenvalue weighted by Crippen LogP contribution is 2.26. The molecule has 4 heteroatoms. The van der Waals surface area contributed by atoms with E-state index in [1.807, 2.05) is 0 Å². The van der Waals surface area contributed by atoms with Crippen LogP contribution in [0.1, 0.15) is 15.9 Å². The van der Waals surface area contributed by atoms with Crippen LogP contribution in [0.4, 0.5) is 0 Å². The maximum Gasteiger partial charge on any atom is 0.180 e. The molecule has 0 aromatic heterocycles. The summed E-state index contributed by atoms with van der Waals surface area (Å²) in [5.41, 5.74) is 0.709. The topological polar surface area (TPSA) is 60.8 Å². The van der Waals surface area contributed by atoms with Crippen molar-refractivity contribution in [1.82, 2.24) is 4.90 Å². The van der Waals surface area contributed by atoms with E-state index in [0.29, 0.717) is 5.56 Å². The molecule has 82 valence electrons. The first-order valence-electron chi connectivity index (χ1n) is 4.62. The highest BCUT2D eigenvalue weighted by atomic mass is 16.3. The third kappa shape index (κ3) is 2.70. The number of ketones is 1. The molecule has 0 heterocycles. The average molecular weight is 209 g/mol. The molecule has 0 aliphatic heterocycles. The van der Waals surface area contributed by atoms with Crippen LogP contribution in [0.3, 0.4) is 0 Å². The van der Waals surface area contributed by atoms with Gasteiger partial charge in [-0.15, -0.1) is 0 Å². The fourth-order valence-corrected chi connectivity index (χ4v) is 1.28. The summed E-state index contributed by atoms with van der Waals surface area (Å²) < 4.78 is 0. The summed E-state index contributed by atoms with van der Waals surface area (Å²) in [6, 6.07) is 2.69. The number of hydrogen-bond acceptors (Lipinski definition) is 4. The van der Waals surface area contributed by atoms with Gasteiger partial charge in [0.2, 0.25) is 0 Å². The Balaban J connectivity index is 3.04. The largest absolute Gasteiger partial charge is 0.508 e. The molecule has 1 aromatic carbocycles. The van der Waals surface area contributed by atoms with Crippen molar-refractivity contribution in [2.45, 2.75) is 6.92 Å². The van der Waals surface area contributed by atoms with Gasteiger partial charge in [0.1, 0.15) is 11.5 Å². The van der Waals surface area contributed by atoms with E-state index >= 15 is 0 Å². The fraction of sp³-hybridized carbons (Fsp3) is 0.364. The lowest BCUT2D eigenvalue weighted by molar-refractivity contribution is 0.0955. The molecule has 0 saturated heterocycles. The van der Waals surface area contributed by atoms with Gasteiger partial charge in [0.25, 0.3) is 0 Å². The minimum atomic E-state index is -0.215. The number of Topliss-reactive ketones (excluding diaryl/α,β-unsaturated/α-hetero) is 1. The van der Waals surface area contributed by atoms with E-state index in [4.69, 9.17) is 0 Å².